The number of ether oxygens (including phenoxy) is 2. The van der Waals surface area contributed by atoms with Gasteiger partial charge in [0.05, 0.1) is 26.4 Å². The number of allylic oxidation sites excluding steroid dienone is 4. The highest BCUT2D eigenvalue weighted by Crippen LogP contribution is 1.90. The Bertz CT molecular complexity index is 288. The molecule has 0 amide bonds. The van der Waals surface area contributed by atoms with E-state index in [1.54, 1.807) is 12.2 Å². The molecule has 6 heteroatoms. The van der Waals surface area contributed by atoms with Gasteiger partial charge in [0.25, 0.3) is 0 Å². The van der Waals surface area contributed by atoms with Crippen LogP contribution < -0.4 is 10.6 Å². The molecule has 2 fully saturated rings. The van der Waals surface area contributed by atoms with Crippen LogP contribution in [-0.2, 0) is 19.1 Å². The van der Waals surface area contributed by atoms with Crippen molar-refractivity contribution in [2.24, 2.45) is 0 Å². The highest BCUT2D eigenvalue weighted by Gasteiger charge is 2.06. The maximum absolute atomic E-state index is 10.3. The largest absolute Gasteiger partial charge is 0.379 e. The van der Waals surface area contributed by atoms with Gasteiger partial charge in [-0.2, -0.15) is 0 Å². The van der Waals surface area contributed by atoms with Crippen LogP contribution in [0.4, 0.5) is 0 Å². The molecule has 1 aliphatic carbocycles. The molecule has 0 saturated carbocycles. The summed E-state index contributed by atoms with van der Waals surface area (Å²) in [5.41, 5.74) is 0. The Morgan fingerprint density at radius 2 is 1.05 bits per heavy atom. The lowest BCUT2D eigenvalue weighted by atomic mass is 10.1. The SMILES string of the molecule is C1COCCN1.C1COCCN1.O=C1C=CC=CC1=O. The maximum Gasteiger partial charge on any atom is 0.225 e. The van der Waals surface area contributed by atoms with Crippen LogP contribution in [0, 0.1) is 0 Å². The Hall–Kier alpha value is -1.34. The van der Waals surface area contributed by atoms with Gasteiger partial charge in [-0.25, -0.2) is 0 Å². The van der Waals surface area contributed by atoms with Crippen LogP contribution >= 0.6 is 0 Å². The van der Waals surface area contributed by atoms with Gasteiger partial charge in [-0.3, -0.25) is 9.59 Å². The van der Waals surface area contributed by atoms with Crippen molar-refractivity contribution in [1.82, 2.24) is 10.6 Å². The monoisotopic (exact) mass is 282 g/mol. The summed E-state index contributed by atoms with van der Waals surface area (Å²) in [6.45, 7) is 7.67. The Morgan fingerprint density at radius 3 is 1.20 bits per heavy atom. The number of carbonyl (C=O) groups excluding carboxylic acids is 2. The average Bonchev–Trinajstić information content (AvgIpc) is 2.55. The molecule has 0 aromatic rings. The Kier molecular flexibility index (Phi) is 9.60. The van der Waals surface area contributed by atoms with Crippen LogP contribution in [-0.4, -0.2) is 64.2 Å². The third-order valence-electron chi connectivity index (χ3n) is 2.54. The van der Waals surface area contributed by atoms with Crippen molar-refractivity contribution in [2.45, 2.75) is 0 Å². The molecule has 0 atom stereocenters. The van der Waals surface area contributed by atoms with Crippen molar-refractivity contribution >= 4 is 11.6 Å². The summed E-state index contributed by atoms with van der Waals surface area (Å²) in [6, 6.07) is 0. The van der Waals surface area contributed by atoms with Crippen LogP contribution in [0.5, 0.6) is 0 Å². The van der Waals surface area contributed by atoms with Gasteiger partial charge >= 0.3 is 0 Å². The predicted octanol–water partition coefficient (Wildman–Crippen LogP) is -0.537. The highest BCUT2D eigenvalue weighted by molar-refractivity contribution is 6.46. The minimum absolute atomic E-state index is 0.437. The standard InChI is InChI=1S/C6H4O2.2C4H9NO/c7-5-3-1-2-4-6(5)8;2*1-3-6-4-2-5-1/h1-4H;2*5H,1-4H2. The molecule has 0 aromatic heterocycles. The summed E-state index contributed by atoms with van der Waals surface area (Å²) in [7, 11) is 0. The number of hydrogen-bond donors (Lipinski definition) is 2. The molecule has 0 unspecified atom stereocenters. The van der Waals surface area contributed by atoms with E-state index in [2.05, 4.69) is 10.6 Å². The zero-order valence-electron chi connectivity index (χ0n) is 11.6. The van der Waals surface area contributed by atoms with E-state index in [0.717, 1.165) is 52.6 Å². The molecule has 0 bridgehead atoms. The number of ketones is 2. The van der Waals surface area contributed by atoms with Gasteiger partial charge < -0.3 is 20.1 Å². The Labute approximate surface area is 119 Å². The topological polar surface area (TPSA) is 76.7 Å². The first-order valence-electron chi connectivity index (χ1n) is 6.80. The fourth-order valence-corrected chi connectivity index (χ4v) is 1.48. The molecular formula is C14H22N2O4. The fraction of sp³-hybridized carbons (Fsp3) is 0.571. The summed E-state index contributed by atoms with van der Waals surface area (Å²) in [4.78, 5) is 20.6. The molecule has 0 aromatic carbocycles. The number of hydrogen-bond acceptors (Lipinski definition) is 6. The zero-order valence-corrected chi connectivity index (χ0v) is 11.6. The summed E-state index contributed by atoms with van der Waals surface area (Å²) >= 11 is 0. The van der Waals surface area contributed by atoms with Crippen molar-refractivity contribution in [3.8, 4) is 0 Å². The van der Waals surface area contributed by atoms with E-state index in [4.69, 9.17) is 9.47 Å². The van der Waals surface area contributed by atoms with Gasteiger partial charge in [-0.05, 0) is 12.2 Å². The van der Waals surface area contributed by atoms with Crippen molar-refractivity contribution in [3.05, 3.63) is 24.3 Å². The molecule has 6 nitrogen and oxygen atoms in total. The molecule has 2 N–H and O–H groups in total. The van der Waals surface area contributed by atoms with E-state index >= 15 is 0 Å². The normalized spacial score (nSPS) is 21.4. The van der Waals surface area contributed by atoms with Gasteiger partial charge in [-0.1, -0.05) is 12.2 Å². The van der Waals surface area contributed by atoms with Gasteiger partial charge in [-0.15, -0.1) is 0 Å². The van der Waals surface area contributed by atoms with Crippen LogP contribution in [0.2, 0.25) is 0 Å². The minimum Gasteiger partial charge on any atom is -0.379 e. The third kappa shape index (κ3) is 8.71. The second kappa shape index (κ2) is 11.5. The first kappa shape index (κ1) is 16.7. The molecule has 2 aliphatic heterocycles. The predicted molar refractivity (Wildman–Crippen MR) is 75.7 cm³/mol. The summed E-state index contributed by atoms with van der Waals surface area (Å²) in [6.07, 6.45) is 5.60. The van der Waals surface area contributed by atoms with Gasteiger partial charge in [0, 0.05) is 26.2 Å². The Balaban J connectivity index is 0.000000152. The molecule has 3 rings (SSSR count). The fourth-order valence-electron chi connectivity index (χ4n) is 1.48. The number of nitrogens with one attached hydrogen (secondary N) is 2. The van der Waals surface area contributed by atoms with E-state index in [9.17, 15) is 9.59 Å². The quantitative estimate of drug-likeness (QED) is 0.459. The van der Waals surface area contributed by atoms with Gasteiger partial charge in [0.15, 0.2) is 0 Å². The zero-order chi connectivity index (χ0) is 14.5. The Morgan fingerprint density at radius 1 is 0.700 bits per heavy atom. The molecule has 20 heavy (non-hydrogen) atoms. The van der Waals surface area contributed by atoms with E-state index in [0.29, 0.717) is 0 Å². The molecule has 3 aliphatic rings. The van der Waals surface area contributed by atoms with Crippen molar-refractivity contribution in [3.63, 3.8) is 0 Å². The summed E-state index contributed by atoms with van der Waals surface area (Å²) in [5.74, 6) is -0.875. The molecule has 0 radical (unpaired) electrons. The second-order valence-corrected chi connectivity index (χ2v) is 4.17. The van der Waals surface area contributed by atoms with Crippen LogP contribution in [0.3, 0.4) is 0 Å². The number of carbonyl (C=O) groups is 2. The average molecular weight is 282 g/mol. The lowest BCUT2D eigenvalue weighted by Gasteiger charge is -2.10. The van der Waals surface area contributed by atoms with E-state index < -0.39 is 11.6 Å². The third-order valence-corrected chi connectivity index (χ3v) is 2.54. The van der Waals surface area contributed by atoms with Crippen molar-refractivity contribution in [1.29, 1.82) is 0 Å². The number of rotatable bonds is 0. The van der Waals surface area contributed by atoms with Crippen LogP contribution in [0.1, 0.15) is 0 Å². The molecule has 112 valence electrons. The maximum atomic E-state index is 10.3. The van der Waals surface area contributed by atoms with Crippen LogP contribution in [0.15, 0.2) is 24.3 Å². The van der Waals surface area contributed by atoms with Crippen molar-refractivity contribution < 1.29 is 19.1 Å². The van der Waals surface area contributed by atoms with Crippen molar-refractivity contribution in [2.75, 3.05) is 52.6 Å². The van der Waals surface area contributed by atoms with Gasteiger partial charge in [0.2, 0.25) is 11.6 Å². The lowest BCUT2D eigenvalue weighted by Crippen LogP contribution is -2.30. The lowest BCUT2D eigenvalue weighted by molar-refractivity contribution is -0.131. The first-order chi connectivity index (χ1) is 9.80. The second-order valence-electron chi connectivity index (χ2n) is 4.17. The van der Waals surface area contributed by atoms with Crippen LogP contribution in [0.25, 0.3) is 0 Å². The molecule has 2 heterocycles. The van der Waals surface area contributed by atoms with E-state index in [1.807, 2.05) is 0 Å². The summed E-state index contributed by atoms with van der Waals surface area (Å²) in [5, 5.41) is 6.32. The minimum atomic E-state index is -0.437. The molecule has 0 spiro atoms. The highest BCUT2D eigenvalue weighted by atomic mass is 16.5. The molecule has 2 saturated heterocycles. The van der Waals surface area contributed by atoms with E-state index in [-0.39, 0.29) is 0 Å². The van der Waals surface area contributed by atoms with E-state index in [1.165, 1.54) is 12.2 Å². The molecular weight excluding hydrogens is 260 g/mol. The number of morpholine rings is 2. The smallest absolute Gasteiger partial charge is 0.225 e. The summed E-state index contributed by atoms with van der Waals surface area (Å²) < 4.78 is 10.0. The first-order valence-corrected chi connectivity index (χ1v) is 6.80. The van der Waals surface area contributed by atoms with Gasteiger partial charge in [0.1, 0.15) is 0 Å².